The molecule has 1 atom stereocenters. The van der Waals surface area contributed by atoms with Gasteiger partial charge in [-0.2, -0.15) is 0 Å². The van der Waals surface area contributed by atoms with Gasteiger partial charge in [-0.3, -0.25) is 5.41 Å². The standard InChI is InChI=1S/C16H23N5O3S/c1-11(17)25-16(18)20-15(22)12-3-4-14-13(9-12)19-10-21(14)5-6-24-8-7-23-2/h3-4,9-10,15,17,22H,5-8H2,1-2H3,(H2,18,20). The van der Waals surface area contributed by atoms with Crippen LogP contribution in [-0.4, -0.2) is 51.8 Å². The Labute approximate surface area is 150 Å². The Morgan fingerprint density at radius 1 is 1.44 bits per heavy atom. The molecule has 0 saturated heterocycles. The zero-order chi connectivity index (χ0) is 18.2. The molecular formula is C16H23N5O3S. The molecule has 1 aromatic heterocycles. The van der Waals surface area contributed by atoms with Crippen molar-refractivity contribution in [2.24, 2.45) is 10.7 Å². The van der Waals surface area contributed by atoms with E-state index in [1.165, 1.54) is 0 Å². The summed E-state index contributed by atoms with van der Waals surface area (Å²) in [7, 11) is 1.64. The molecule has 0 spiro atoms. The fourth-order valence-electron chi connectivity index (χ4n) is 2.21. The van der Waals surface area contributed by atoms with Crippen molar-refractivity contribution in [2.45, 2.75) is 19.7 Å². The molecular weight excluding hydrogens is 342 g/mol. The number of aliphatic imine (C=N–C) groups is 1. The summed E-state index contributed by atoms with van der Waals surface area (Å²) in [5, 5.41) is 18.0. The molecule has 0 aliphatic carbocycles. The predicted octanol–water partition coefficient (Wildman–Crippen LogP) is 1.74. The first-order chi connectivity index (χ1) is 12.0. The van der Waals surface area contributed by atoms with E-state index in [1.54, 1.807) is 32.5 Å². The highest BCUT2D eigenvalue weighted by atomic mass is 32.2. The van der Waals surface area contributed by atoms with Crippen LogP contribution < -0.4 is 5.73 Å². The van der Waals surface area contributed by atoms with Crippen LogP contribution in [0.1, 0.15) is 18.7 Å². The maximum Gasteiger partial charge on any atom is 0.174 e. The molecule has 0 aliphatic heterocycles. The van der Waals surface area contributed by atoms with Crippen molar-refractivity contribution in [3.8, 4) is 0 Å². The summed E-state index contributed by atoms with van der Waals surface area (Å²) in [6, 6.07) is 5.45. The summed E-state index contributed by atoms with van der Waals surface area (Å²) in [6.45, 7) is 4.00. The zero-order valence-corrected chi connectivity index (χ0v) is 15.1. The molecule has 0 saturated carbocycles. The average Bonchev–Trinajstić information content (AvgIpc) is 2.96. The van der Waals surface area contributed by atoms with Crippen molar-refractivity contribution < 1.29 is 14.6 Å². The van der Waals surface area contributed by atoms with Gasteiger partial charge in [0.2, 0.25) is 0 Å². The molecule has 0 amide bonds. The molecule has 1 aromatic carbocycles. The average molecular weight is 365 g/mol. The lowest BCUT2D eigenvalue weighted by Gasteiger charge is -2.09. The third-order valence-corrected chi connectivity index (χ3v) is 3.98. The molecule has 2 rings (SSSR count). The van der Waals surface area contributed by atoms with Gasteiger partial charge in [0.05, 0.1) is 42.2 Å². The highest BCUT2D eigenvalue weighted by molar-refractivity contribution is 8.26. The molecule has 0 aliphatic rings. The van der Waals surface area contributed by atoms with Crippen LogP contribution in [0.2, 0.25) is 0 Å². The van der Waals surface area contributed by atoms with Crippen molar-refractivity contribution in [2.75, 3.05) is 26.9 Å². The van der Waals surface area contributed by atoms with E-state index in [2.05, 4.69) is 9.98 Å². The number of amidine groups is 1. The number of imidazole rings is 1. The van der Waals surface area contributed by atoms with Gasteiger partial charge >= 0.3 is 0 Å². The van der Waals surface area contributed by atoms with Crippen molar-refractivity contribution in [3.05, 3.63) is 30.1 Å². The van der Waals surface area contributed by atoms with E-state index in [9.17, 15) is 5.11 Å². The van der Waals surface area contributed by atoms with E-state index < -0.39 is 6.23 Å². The molecule has 0 fully saturated rings. The summed E-state index contributed by atoms with van der Waals surface area (Å²) >= 11 is 1.01. The van der Waals surface area contributed by atoms with E-state index in [0.717, 1.165) is 22.8 Å². The number of nitrogens with one attached hydrogen (secondary N) is 1. The molecule has 2 aromatic rings. The first-order valence-corrected chi connectivity index (χ1v) is 8.58. The minimum absolute atomic E-state index is 0.152. The van der Waals surface area contributed by atoms with E-state index in [4.69, 9.17) is 20.6 Å². The maximum atomic E-state index is 10.2. The quantitative estimate of drug-likeness (QED) is 0.372. The number of ether oxygens (including phenoxy) is 2. The molecule has 8 nitrogen and oxygen atoms in total. The van der Waals surface area contributed by atoms with Gasteiger partial charge in [-0.15, -0.1) is 0 Å². The molecule has 1 unspecified atom stereocenters. The summed E-state index contributed by atoms with van der Waals surface area (Å²) in [5.41, 5.74) is 8.00. The minimum atomic E-state index is -1.08. The van der Waals surface area contributed by atoms with Crippen LogP contribution in [0.5, 0.6) is 0 Å². The Balaban J connectivity index is 2.04. The van der Waals surface area contributed by atoms with Crippen LogP contribution in [-0.2, 0) is 16.0 Å². The lowest BCUT2D eigenvalue weighted by Crippen LogP contribution is -2.11. The third kappa shape index (κ3) is 5.82. The fraction of sp³-hybridized carbons (Fsp3) is 0.438. The van der Waals surface area contributed by atoms with Crippen LogP contribution >= 0.6 is 11.8 Å². The second-order valence-corrected chi connectivity index (χ2v) is 6.53. The Morgan fingerprint density at radius 3 is 2.96 bits per heavy atom. The van der Waals surface area contributed by atoms with Crippen LogP contribution in [0.4, 0.5) is 0 Å². The van der Waals surface area contributed by atoms with Crippen molar-refractivity contribution in [1.82, 2.24) is 9.55 Å². The third-order valence-electron chi connectivity index (χ3n) is 3.36. The van der Waals surface area contributed by atoms with Crippen LogP contribution in [0.15, 0.2) is 29.5 Å². The number of methoxy groups -OCH3 is 1. The Hall–Kier alpha value is -1.94. The van der Waals surface area contributed by atoms with Gasteiger partial charge < -0.3 is 24.9 Å². The summed E-state index contributed by atoms with van der Waals surface area (Å²) in [6.07, 6.45) is 0.658. The predicted molar refractivity (Wildman–Crippen MR) is 100 cm³/mol. The Bertz CT molecular complexity index is 746. The number of thioether (sulfide) groups is 1. The zero-order valence-electron chi connectivity index (χ0n) is 14.3. The molecule has 25 heavy (non-hydrogen) atoms. The number of benzene rings is 1. The largest absolute Gasteiger partial charge is 0.382 e. The second-order valence-electron chi connectivity index (χ2n) is 5.29. The van der Waals surface area contributed by atoms with Crippen molar-refractivity contribution >= 4 is 33.0 Å². The normalized spacial score (nSPS) is 13.3. The SMILES string of the molecule is COCCOCCn1cnc2cc(C(O)N=C(N)SC(C)=N)ccc21. The van der Waals surface area contributed by atoms with Gasteiger partial charge in [-0.05, 0) is 30.8 Å². The van der Waals surface area contributed by atoms with Crippen LogP contribution in [0.25, 0.3) is 11.0 Å². The fourth-order valence-corrected chi connectivity index (χ4v) is 2.67. The molecule has 1 heterocycles. The number of fused-ring (bicyclic) bond motifs is 1. The molecule has 0 bridgehead atoms. The number of aromatic nitrogens is 2. The van der Waals surface area contributed by atoms with Gasteiger partial charge in [-0.25, -0.2) is 9.98 Å². The van der Waals surface area contributed by atoms with E-state index in [1.807, 2.05) is 10.6 Å². The number of aliphatic hydroxyl groups is 1. The summed E-state index contributed by atoms with van der Waals surface area (Å²) < 4.78 is 12.4. The number of nitrogens with two attached hydrogens (primary N) is 1. The van der Waals surface area contributed by atoms with E-state index in [-0.39, 0.29) is 5.17 Å². The van der Waals surface area contributed by atoms with Gasteiger partial charge in [0, 0.05) is 19.2 Å². The Kier molecular flexibility index (Phi) is 7.38. The monoisotopic (exact) mass is 365 g/mol. The van der Waals surface area contributed by atoms with E-state index >= 15 is 0 Å². The molecule has 9 heteroatoms. The number of aliphatic hydroxyl groups excluding tert-OH is 1. The molecule has 4 N–H and O–H groups in total. The minimum Gasteiger partial charge on any atom is -0.382 e. The van der Waals surface area contributed by atoms with Gasteiger partial charge in [0.25, 0.3) is 0 Å². The van der Waals surface area contributed by atoms with E-state index in [0.29, 0.717) is 37.0 Å². The second kappa shape index (κ2) is 9.52. The first kappa shape index (κ1) is 19.4. The lowest BCUT2D eigenvalue weighted by atomic mass is 10.2. The number of hydrogen-bond donors (Lipinski definition) is 3. The maximum absolute atomic E-state index is 10.2. The highest BCUT2D eigenvalue weighted by Crippen LogP contribution is 2.21. The summed E-state index contributed by atoms with van der Waals surface area (Å²) in [5.74, 6) is 0. The van der Waals surface area contributed by atoms with Gasteiger partial charge in [0.1, 0.15) is 0 Å². The van der Waals surface area contributed by atoms with Crippen LogP contribution in [0.3, 0.4) is 0 Å². The number of rotatable bonds is 8. The van der Waals surface area contributed by atoms with Gasteiger partial charge in [0.15, 0.2) is 11.4 Å². The molecule has 0 radical (unpaired) electrons. The molecule has 136 valence electrons. The van der Waals surface area contributed by atoms with Crippen molar-refractivity contribution in [1.29, 1.82) is 5.41 Å². The van der Waals surface area contributed by atoms with Crippen molar-refractivity contribution in [3.63, 3.8) is 0 Å². The Morgan fingerprint density at radius 2 is 2.24 bits per heavy atom. The number of hydrogen-bond acceptors (Lipinski definition) is 7. The lowest BCUT2D eigenvalue weighted by molar-refractivity contribution is 0.0669. The van der Waals surface area contributed by atoms with Crippen LogP contribution in [0, 0.1) is 5.41 Å². The van der Waals surface area contributed by atoms with Gasteiger partial charge in [-0.1, -0.05) is 6.07 Å². The topological polar surface area (TPSA) is 119 Å². The summed E-state index contributed by atoms with van der Waals surface area (Å²) in [4.78, 5) is 8.34. The first-order valence-electron chi connectivity index (χ1n) is 7.77. The number of nitrogens with zero attached hydrogens (tertiary/aromatic N) is 3. The highest BCUT2D eigenvalue weighted by Gasteiger charge is 2.10. The smallest absolute Gasteiger partial charge is 0.174 e.